The van der Waals surface area contributed by atoms with E-state index in [4.69, 9.17) is 9.47 Å². The number of likely N-dealkylation sites (tertiary alicyclic amines) is 1. The minimum absolute atomic E-state index is 0.590. The van der Waals surface area contributed by atoms with E-state index in [1.54, 1.807) is 14.2 Å². The molecule has 0 radical (unpaired) electrons. The zero-order chi connectivity index (χ0) is 14.5. The molecule has 4 nitrogen and oxygen atoms in total. The van der Waals surface area contributed by atoms with E-state index in [0.29, 0.717) is 12.6 Å². The van der Waals surface area contributed by atoms with Crippen LogP contribution in [0.1, 0.15) is 17.5 Å². The molecule has 1 atom stereocenters. The molecule has 1 fully saturated rings. The summed E-state index contributed by atoms with van der Waals surface area (Å²) in [5.74, 6) is 0.902. The summed E-state index contributed by atoms with van der Waals surface area (Å²) in [6.07, 6.45) is 1.26. The molecule has 1 aromatic rings. The maximum atomic E-state index is 5.37. The second-order valence-electron chi connectivity index (χ2n) is 5.70. The van der Waals surface area contributed by atoms with Crippen LogP contribution in [0.3, 0.4) is 0 Å². The molecule has 0 unspecified atom stereocenters. The van der Waals surface area contributed by atoms with Crippen molar-refractivity contribution in [3.05, 3.63) is 29.3 Å². The molecule has 1 aliphatic heterocycles. The Kier molecular flexibility index (Phi) is 5.40. The van der Waals surface area contributed by atoms with Crippen molar-refractivity contribution in [1.82, 2.24) is 9.80 Å². The van der Waals surface area contributed by atoms with E-state index in [1.165, 1.54) is 18.5 Å². The first-order valence-corrected chi connectivity index (χ1v) is 7.17. The summed E-state index contributed by atoms with van der Waals surface area (Å²) in [6.45, 7) is 3.93. The van der Waals surface area contributed by atoms with Crippen molar-refractivity contribution >= 4 is 0 Å². The molecule has 20 heavy (non-hydrogen) atoms. The summed E-state index contributed by atoms with van der Waals surface area (Å²) in [5, 5.41) is 0. The van der Waals surface area contributed by atoms with Crippen LogP contribution in [0.15, 0.2) is 18.2 Å². The highest BCUT2D eigenvalue weighted by Gasteiger charge is 2.23. The van der Waals surface area contributed by atoms with Gasteiger partial charge in [0.25, 0.3) is 0 Å². The minimum atomic E-state index is 0.590. The van der Waals surface area contributed by atoms with Crippen LogP contribution < -0.4 is 4.74 Å². The van der Waals surface area contributed by atoms with E-state index in [9.17, 15) is 0 Å². The fourth-order valence-corrected chi connectivity index (χ4v) is 2.89. The van der Waals surface area contributed by atoms with Crippen LogP contribution in [-0.4, -0.2) is 57.2 Å². The normalized spacial score (nSPS) is 19.8. The highest BCUT2D eigenvalue weighted by atomic mass is 16.5. The third-order valence-corrected chi connectivity index (χ3v) is 4.07. The second-order valence-corrected chi connectivity index (χ2v) is 5.70. The number of nitrogens with zero attached hydrogens (tertiary/aromatic N) is 2. The van der Waals surface area contributed by atoms with Crippen LogP contribution in [0.25, 0.3) is 0 Å². The maximum absolute atomic E-state index is 5.37. The van der Waals surface area contributed by atoms with E-state index in [0.717, 1.165) is 24.4 Å². The topological polar surface area (TPSA) is 24.9 Å². The molecule has 0 saturated carbocycles. The van der Waals surface area contributed by atoms with Crippen LogP contribution in [0.4, 0.5) is 0 Å². The van der Waals surface area contributed by atoms with Gasteiger partial charge in [-0.3, -0.25) is 4.90 Å². The minimum Gasteiger partial charge on any atom is -0.496 e. The first-order valence-electron chi connectivity index (χ1n) is 7.17. The smallest absolute Gasteiger partial charge is 0.124 e. The van der Waals surface area contributed by atoms with Crippen molar-refractivity contribution in [2.24, 2.45) is 0 Å². The molecule has 0 aromatic heterocycles. The molecule has 2 rings (SSSR count). The lowest BCUT2D eigenvalue weighted by Gasteiger charge is -2.24. The van der Waals surface area contributed by atoms with E-state index in [2.05, 4.69) is 36.0 Å². The summed E-state index contributed by atoms with van der Waals surface area (Å²) >= 11 is 0. The molecule has 0 aliphatic carbocycles. The van der Waals surface area contributed by atoms with Gasteiger partial charge in [-0.25, -0.2) is 0 Å². The number of methoxy groups -OCH3 is 2. The van der Waals surface area contributed by atoms with Gasteiger partial charge in [0, 0.05) is 31.8 Å². The van der Waals surface area contributed by atoms with Crippen molar-refractivity contribution in [2.45, 2.75) is 25.6 Å². The van der Waals surface area contributed by atoms with Crippen LogP contribution in [-0.2, 0) is 17.9 Å². The number of rotatable bonds is 6. The molecular formula is C16H26N2O2. The number of ether oxygens (including phenoxy) is 2. The average molecular weight is 278 g/mol. The van der Waals surface area contributed by atoms with Crippen LogP contribution >= 0.6 is 0 Å². The van der Waals surface area contributed by atoms with Crippen molar-refractivity contribution in [3.8, 4) is 5.75 Å². The zero-order valence-corrected chi connectivity index (χ0v) is 13.1. The maximum Gasteiger partial charge on any atom is 0.124 e. The van der Waals surface area contributed by atoms with Crippen LogP contribution in [0, 0.1) is 0 Å². The molecule has 0 spiro atoms. The SMILES string of the molecule is COCc1cc(CN(C)[C@@H]2CCN(C)C2)ccc1OC. The van der Waals surface area contributed by atoms with Crippen LogP contribution in [0.2, 0.25) is 0 Å². The van der Waals surface area contributed by atoms with Gasteiger partial charge in [0.15, 0.2) is 0 Å². The molecule has 1 aromatic carbocycles. The van der Waals surface area contributed by atoms with E-state index in [-0.39, 0.29) is 0 Å². The third-order valence-electron chi connectivity index (χ3n) is 4.07. The number of hydrogen-bond donors (Lipinski definition) is 0. The fourth-order valence-electron chi connectivity index (χ4n) is 2.89. The molecule has 4 heteroatoms. The Hall–Kier alpha value is -1.10. The van der Waals surface area contributed by atoms with Gasteiger partial charge in [-0.05, 0) is 44.8 Å². The molecule has 0 amide bonds. The molecule has 1 saturated heterocycles. The summed E-state index contributed by atoms with van der Waals surface area (Å²) in [4.78, 5) is 4.84. The van der Waals surface area contributed by atoms with E-state index < -0.39 is 0 Å². The van der Waals surface area contributed by atoms with Crippen molar-refractivity contribution in [3.63, 3.8) is 0 Å². The standard InChI is InChI=1S/C16H26N2O2/c1-17-8-7-15(11-17)18(2)10-13-5-6-16(20-4)14(9-13)12-19-3/h5-6,9,15H,7-8,10-12H2,1-4H3/t15-/m1/s1. The van der Waals surface area contributed by atoms with Gasteiger partial charge in [-0.2, -0.15) is 0 Å². The largest absolute Gasteiger partial charge is 0.496 e. The van der Waals surface area contributed by atoms with Crippen LogP contribution in [0.5, 0.6) is 5.75 Å². The fraction of sp³-hybridized carbons (Fsp3) is 0.625. The number of likely N-dealkylation sites (N-methyl/N-ethyl adjacent to an activating group) is 2. The lowest BCUT2D eigenvalue weighted by molar-refractivity contribution is 0.181. The Labute approximate surface area is 122 Å². The predicted octanol–water partition coefficient (Wildman–Crippen LogP) is 1.98. The lowest BCUT2D eigenvalue weighted by Crippen LogP contribution is -2.33. The molecule has 0 bridgehead atoms. The average Bonchev–Trinajstić information content (AvgIpc) is 2.86. The third kappa shape index (κ3) is 3.72. The first-order chi connectivity index (χ1) is 9.63. The van der Waals surface area contributed by atoms with Gasteiger partial charge in [-0.1, -0.05) is 6.07 Å². The quantitative estimate of drug-likeness (QED) is 0.794. The molecule has 1 aliphatic rings. The predicted molar refractivity (Wildman–Crippen MR) is 81.1 cm³/mol. The Morgan fingerprint density at radius 1 is 1.35 bits per heavy atom. The molecule has 0 N–H and O–H groups in total. The summed E-state index contributed by atoms with van der Waals surface area (Å²) in [5.41, 5.74) is 2.43. The zero-order valence-electron chi connectivity index (χ0n) is 13.1. The Morgan fingerprint density at radius 3 is 2.75 bits per heavy atom. The summed E-state index contributed by atoms with van der Waals surface area (Å²) in [6, 6.07) is 7.04. The van der Waals surface area contributed by atoms with Gasteiger partial charge >= 0.3 is 0 Å². The van der Waals surface area contributed by atoms with Crippen molar-refractivity contribution in [1.29, 1.82) is 0 Å². The second kappa shape index (κ2) is 7.07. The van der Waals surface area contributed by atoms with Gasteiger partial charge < -0.3 is 14.4 Å². The number of hydrogen-bond acceptors (Lipinski definition) is 4. The van der Waals surface area contributed by atoms with E-state index >= 15 is 0 Å². The van der Waals surface area contributed by atoms with Crippen molar-refractivity contribution < 1.29 is 9.47 Å². The van der Waals surface area contributed by atoms with Gasteiger partial charge in [0.05, 0.1) is 13.7 Å². The highest BCUT2D eigenvalue weighted by molar-refractivity contribution is 5.37. The van der Waals surface area contributed by atoms with Gasteiger partial charge in [0.1, 0.15) is 5.75 Å². The summed E-state index contributed by atoms with van der Waals surface area (Å²) < 4.78 is 10.6. The Balaban J connectivity index is 2.03. The Bertz CT molecular complexity index is 436. The molecule has 112 valence electrons. The van der Waals surface area contributed by atoms with Gasteiger partial charge in [0.2, 0.25) is 0 Å². The monoisotopic (exact) mass is 278 g/mol. The summed E-state index contributed by atoms with van der Waals surface area (Å²) in [7, 11) is 7.82. The number of benzene rings is 1. The van der Waals surface area contributed by atoms with E-state index in [1.807, 2.05) is 6.07 Å². The Morgan fingerprint density at radius 2 is 2.15 bits per heavy atom. The van der Waals surface area contributed by atoms with Crippen molar-refractivity contribution in [2.75, 3.05) is 41.4 Å². The first kappa shape index (κ1) is 15.3. The molecule has 1 heterocycles. The highest BCUT2D eigenvalue weighted by Crippen LogP contribution is 2.22. The lowest BCUT2D eigenvalue weighted by atomic mass is 10.1. The molecular weight excluding hydrogens is 252 g/mol. The van der Waals surface area contributed by atoms with Gasteiger partial charge in [-0.15, -0.1) is 0 Å².